The number of aromatic nitrogens is 6. The molecule has 9 heteroatoms. The first-order chi connectivity index (χ1) is 10.0. The fourth-order valence-corrected chi connectivity index (χ4v) is 2.02. The summed E-state index contributed by atoms with van der Waals surface area (Å²) in [5.41, 5.74) is 0.768. The molecule has 21 heavy (non-hydrogen) atoms. The van der Waals surface area contributed by atoms with Crippen LogP contribution in [0.2, 0.25) is 0 Å². The first kappa shape index (κ1) is 13.0. The van der Waals surface area contributed by atoms with Gasteiger partial charge in [-0.15, -0.1) is 0 Å². The molecule has 0 aliphatic rings. The van der Waals surface area contributed by atoms with Gasteiger partial charge in [0, 0.05) is 20.3 Å². The molecule has 0 bridgehead atoms. The van der Waals surface area contributed by atoms with Crippen molar-refractivity contribution in [2.75, 3.05) is 5.32 Å². The van der Waals surface area contributed by atoms with E-state index in [9.17, 15) is 9.59 Å². The van der Waals surface area contributed by atoms with Gasteiger partial charge in [-0.05, 0) is 0 Å². The smallest absolute Gasteiger partial charge is 0.264 e. The lowest BCUT2D eigenvalue weighted by Gasteiger charge is -2.05. The van der Waals surface area contributed by atoms with Crippen LogP contribution < -0.4 is 10.9 Å². The van der Waals surface area contributed by atoms with E-state index in [2.05, 4.69) is 20.5 Å². The van der Waals surface area contributed by atoms with Gasteiger partial charge >= 0.3 is 0 Å². The Morgan fingerprint density at radius 1 is 1.29 bits per heavy atom. The molecule has 0 radical (unpaired) electrons. The van der Waals surface area contributed by atoms with Crippen LogP contribution in [0.15, 0.2) is 29.7 Å². The summed E-state index contributed by atoms with van der Waals surface area (Å²) in [7, 11) is 3.45. The van der Waals surface area contributed by atoms with Crippen LogP contribution in [0, 0.1) is 0 Å². The molecule has 0 aromatic carbocycles. The monoisotopic (exact) mass is 287 g/mol. The summed E-state index contributed by atoms with van der Waals surface area (Å²) in [6, 6.07) is 0. The Labute approximate surface area is 118 Å². The van der Waals surface area contributed by atoms with Crippen LogP contribution >= 0.6 is 0 Å². The fraction of sp³-hybridized carbons (Fsp3) is 0.250. The van der Waals surface area contributed by atoms with E-state index in [-0.39, 0.29) is 18.0 Å². The van der Waals surface area contributed by atoms with E-state index < -0.39 is 0 Å². The van der Waals surface area contributed by atoms with Crippen LogP contribution in [0.3, 0.4) is 0 Å². The molecule has 0 aliphatic carbocycles. The minimum atomic E-state index is -0.324. The molecule has 0 unspecified atom stereocenters. The van der Waals surface area contributed by atoms with Crippen molar-refractivity contribution < 1.29 is 4.79 Å². The van der Waals surface area contributed by atoms with Gasteiger partial charge in [0.05, 0.1) is 18.1 Å². The molecular formula is C12H13N7O2. The number of amides is 1. The standard InChI is InChI=1S/C12H13N7O2/c1-17-5-8(3-14-17)16-10(20)6-19-7-13-11-9(12(19)21)4-15-18(11)2/h3-5,7H,6H2,1-2H3,(H,16,20). The topological polar surface area (TPSA) is 99.6 Å². The van der Waals surface area contributed by atoms with Gasteiger partial charge in [-0.25, -0.2) is 4.98 Å². The highest BCUT2D eigenvalue weighted by Gasteiger charge is 2.11. The molecule has 1 N–H and O–H groups in total. The van der Waals surface area contributed by atoms with Gasteiger partial charge in [0.1, 0.15) is 18.3 Å². The predicted octanol–water partition coefficient (Wildman–Crippen LogP) is -0.498. The predicted molar refractivity (Wildman–Crippen MR) is 74.6 cm³/mol. The van der Waals surface area contributed by atoms with Crippen molar-refractivity contribution in [3.05, 3.63) is 35.3 Å². The second-order valence-electron chi connectivity index (χ2n) is 4.63. The number of carbonyl (C=O) groups excluding carboxylic acids is 1. The maximum atomic E-state index is 12.2. The Morgan fingerprint density at radius 2 is 2.10 bits per heavy atom. The van der Waals surface area contributed by atoms with Crippen molar-refractivity contribution in [1.82, 2.24) is 29.1 Å². The summed E-state index contributed by atoms with van der Waals surface area (Å²) >= 11 is 0. The number of aryl methyl sites for hydroxylation is 2. The van der Waals surface area contributed by atoms with Gasteiger partial charge < -0.3 is 5.32 Å². The van der Waals surface area contributed by atoms with E-state index in [1.807, 2.05) is 0 Å². The highest BCUT2D eigenvalue weighted by atomic mass is 16.2. The lowest BCUT2D eigenvalue weighted by atomic mass is 10.4. The molecule has 108 valence electrons. The average molecular weight is 287 g/mol. The Kier molecular flexibility index (Phi) is 3.01. The zero-order valence-electron chi connectivity index (χ0n) is 11.5. The van der Waals surface area contributed by atoms with Gasteiger partial charge in [-0.1, -0.05) is 0 Å². The second kappa shape index (κ2) is 4.85. The van der Waals surface area contributed by atoms with Gasteiger partial charge in [-0.2, -0.15) is 10.2 Å². The zero-order chi connectivity index (χ0) is 15.0. The van der Waals surface area contributed by atoms with Crippen molar-refractivity contribution in [3.63, 3.8) is 0 Å². The van der Waals surface area contributed by atoms with E-state index in [0.717, 1.165) is 0 Å². The third kappa shape index (κ3) is 2.40. The average Bonchev–Trinajstić information content (AvgIpc) is 3.00. The number of hydrogen-bond donors (Lipinski definition) is 1. The van der Waals surface area contributed by atoms with Crippen molar-refractivity contribution in [1.29, 1.82) is 0 Å². The largest absolute Gasteiger partial charge is 0.322 e. The molecule has 0 spiro atoms. The molecule has 3 heterocycles. The number of nitrogens with zero attached hydrogens (tertiary/aromatic N) is 6. The first-order valence-corrected chi connectivity index (χ1v) is 6.20. The molecule has 3 aromatic heterocycles. The highest BCUT2D eigenvalue weighted by Crippen LogP contribution is 2.05. The summed E-state index contributed by atoms with van der Waals surface area (Å²) in [6.45, 7) is -0.119. The van der Waals surface area contributed by atoms with E-state index in [0.29, 0.717) is 16.7 Å². The van der Waals surface area contributed by atoms with E-state index in [1.54, 1.807) is 25.0 Å². The fourth-order valence-electron chi connectivity index (χ4n) is 2.02. The normalized spacial score (nSPS) is 11.0. The third-order valence-corrected chi connectivity index (χ3v) is 3.02. The molecule has 0 aliphatic heterocycles. The molecule has 0 atom stereocenters. The SMILES string of the molecule is Cn1cc(NC(=O)Cn2cnc3c(cnn3C)c2=O)cn1. The van der Waals surface area contributed by atoms with Crippen molar-refractivity contribution in [2.45, 2.75) is 6.54 Å². The summed E-state index contributed by atoms with van der Waals surface area (Å²) < 4.78 is 4.33. The lowest BCUT2D eigenvalue weighted by Crippen LogP contribution is -2.27. The minimum absolute atomic E-state index is 0.119. The molecule has 0 saturated carbocycles. The van der Waals surface area contributed by atoms with Crippen LogP contribution in [-0.4, -0.2) is 35.0 Å². The molecule has 1 amide bonds. The molecule has 3 aromatic rings. The number of hydrogen-bond acceptors (Lipinski definition) is 5. The maximum Gasteiger partial charge on any atom is 0.264 e. The molecule has 3 rings (SSSR count). The van der Waals surface area contributed by atoms with Crippen LogP contribution in [0.1, 0.15) is 0 Å². The second-order valence-corrected chi connectivity index (χ2v) is 4.63. The van der Waals surface area contributed by atoms with E-state index in [4.69, 9.17) is 0 Å². The molecule has 9 nitrogen and oxygen atoms in total. The summed E-state index contributed by atoms with van der Waals surface area (Å²) in [5, 5.41) is 11.0. The first-order valence-electron chi connectivity index (χ1n) is 6.20. The van der Waals surface area contributed by atoms with Crippen molar-refractivity contribution in [2.24, 2.45) is 14.1 Å². The van der Waals surface area contributed by atoms with Gasteiger partial charge in [0.2, 0.25) is 5.91 Å². The number of nitrogens with one attached hydrogen (secondary N) is 1. The minimum Gasteiger partial charge on any atom is -0.322 e. The summed E-state index contributed by atoms with van der Waals surface area (Å²) in [6.07, 6.45) is 5.99. The van der Waals surface area contributed by atoms with E-state index >= 15 is 0 Å². The van der Waals surface area contributed by atoms with Crippen molar-refractivity contribution >= 4 is 22.6 Å². The van der Waals surface area contributed by atoms with Crippen molar-refractivity contribution in [3.8, 4) is 0 Å². The van der Waals surface area contributed by atoms with E-state index in [1.165, 1.54) is 28.0 Å². The van der Waals surface area contributed by atoms with Crippen LogP contribution in [0.5, 0.6) is 0 Å². The molecular weight excluding hydrogens is 274 g/mol. The summed E-state index contributed by atoms with van der Waals surface area (Å²) in [5.74, 6) is -0.324. The molecule has 0 saturated heterocycles. The quantitative estimate of drug-likeness (QED) is 0.700. The Bertz CT molecular complexity index is 873. The number of fused-ring (bicyclic) bond motifs is 1. The highest BCUT2D eigenvalue weighted by molar-refractivity contribution is 5.90. The number of anilines is 1. The van der Waals surface area contributed by atoms with Crippen LogP contribution in [0.25, 0.3) is 11.0 Å². The Balaban J connectivity index is 1.83. The Hall–Kier alpha value is -2.97. The molecule has 0 fully saturated rings. The van der Waals surface area contributed by atoms with Crippen LogP contribution in [-0.2, 0) is 25.4 Å². The zero-order valence-corrected chi connectivity index (χ0v) is 11.5. The Morgan fingerprint density at radius 3 is 2.81 bits per heavy atom. The van der Waals surface area contributed by atoms with Crippen LogP contribution in [0.4, 0.5) is 5.69 Å². The third-order valence-electron chi connectivity index (χ3n) is 3.02. The van der Waals surface area contributed by atoms with Gasteiger partial charge in [0.25, 0.3) is 5.56 Å². The summed E-state index contributed by atoms with van der Waals surface area (Å²) in [4.78, 5) is 28.3. The lowest BCUT2D eigenvalue weighted by molar-refractivity contribution is -0.116. The van der Waals surface area contributed by atoms with Gasteiger partial charge in [-0.3, -0.25) is 23.5 Å². The number of carbonyl (C=O) groups is 1. The van der Waals surface area contributed by atoms with Gasteiger partial charge in [0.15, 0.2) is 5.65 Å². The number of rotatable bonds is 3. The maximum absolute atomic E-state index is 12.2.